The molecule has 7 heteroatoms. The maximum Gasteiger partial charge on any atom is 0.344 e. The van der Waals surface area contributed by atoms with Crippen LogP contribution >= 0.6 is 0 Å². The molecular weight excluding hydrogens is 364 g/mol. The fourth-order valence-corrected chi connectivity index (χ4v) is 2.52. The van der Waals surface area contributed by atoms with E-state index in [1.165, 1.54) is 12.3 Å². The van der Waals surface area contributed by atoms with Gasteiger partial charge in [0.15, 0.2) is 18.1 Å². The van der Waals surface area contributed by atoms with Gasteiger partial charge in [0.2, 0.25) is 11.2 Å². The monoisotopic (exact) mass is 384 g/mol. The Bertz CT molecular complexity index is 1020. The molecule has 3 rings (SSSR count). The van der Waals surface area contributed by atoms with Gasteiger partial charge >= 0.3 is 5.97 Å². The molecule has 1 aromatic heterocycles. The number of para-hydroxylation sites is 2. The van der Waals surface area contributed by atoms with Crippen molar-refractivity contribution in [3.8, 4) is 23.0 Å². The molecule has 0 saturated carbocycles. The summed E-state index contributed by atoms with van der Waals surface area (Å²) in [4.78, 5) is 24.1. The van der Waals surface area contributed by atoms with E-state index in [1.807, 2.05) is 13.0 Å². The number of carbonyl (C=O) groups excluding carboxylic acids is 1. The molecule has 0 fully saturated rings. The number of rotatable bonds is 8. The summed E-state index contributed by atoms with van der Waals surface area (Å²) >= 11 is 0. The normalized spacial score (nSPS) is 10.5. The summed E-state index contributed by atoms with van der Waals surface area (Å²) in [6.07, 6.45) is 1.24. The smallest absolute Gasteiger partial charge is 0.344 e. The molecule has 0 bridgehead atoms. The lowest BCUT2D eigenvalue weighted by Crippen LogP contribution is -2.14. The van der Waals surface area contributed by atoms with Crippen LogP contribution in [0.5, 0.6) is 23.0 Å². The third-order valence-electron chi connectivity index (χ3n) is 3.75. The minimum Gasteiger partial charge on any atom is -0.490 e. The molecular formula is C21H20O7. The van der Waals surface area contributed by atoms with Gasteiger partial charge in [0, 0.05) is 6.07 Å². The molecule has 0 amide bonds. The quantitative estimate of drug-likeness (QED) is 0.544. The summed E-state index contributed by atoms with van der Waals surface area (Å²) in [6.45, 7) is 4.11. The van der Waals surface area contributed by atoms with E-state index in [0.29, 0.717) is 34.8 Å². The predicted molar refractivity (Wildman–Crippen MR) is 102 cm³/mol. The first-order chi connectivity index (χ1) is 13.6. The number of carbonyl (C=O) groups is 1. The van der Waals surface area contributed by atoms with E-state index in [9.17, 15) is 9.59 Å². The molecule has 0 atom stereocenters. The van der Waals surface area contributed by atoms with E-state index >= 15 is 0 Å². The van der Waals surface area contributed by atoms with Crippen LogP contribution in [0.15, 0.2) is 57.9 Å². The Morgan fingerprint density at radius 3 is 2.50 bits per heavy atom. The Morgan fingerprint density at radius 1 is 0.964 bits per heavy atom. The number of esters is 1. The standard InChI is InChI=1S/C21H20O7/c1-3-24-16-7-5-6-8-17(16)28-19-12-27-18-11-14(9-10-15(18)21(19)23)26-13-20(22)25-4-2/h5-12H,3-4,13H2,1-2H3. The maximum absolute atomic E-state index is 12.7. The van der Waals surface area contributed by atoms with E-state index in [-0.39, 0.29) is 24.4 Å². The SMILES string of the molecule is CCOC(=O)COc1ccc2c(=O)c(Oc3ccccc3OCC)coc2c1. The van der Waals surface area contributed by atoms with Gasteiger partial charge in [-0.3, -0.25) is 4.79 Å². The Balaban J connectivity index is 1.83. The van der Waals surface area contributed by atoms with Crippen LogP contribution < -0.4 is 19.6 Å². The highest BCUT2D eigenvalue weighted by Crippen LogP contribution is 2.31. The minimum absolute atomic E-state index is 0.0415. The second-order valence-corrected chi connectivity index (χ2v) is 5.66. The van der Waals surface area contributed by atoms with Crippen LogP contribution in [0.3, 0.4) is 0 Å². The molecule has 0 unspecified atom stereocenters. The van der Waals surface area contributed by atoms with Gasteiger partial charge in [-0.1, -0.05) is 12.1 Å². The fraction of sp³-hybridized carbons (Fsp3) is 0.238. The van der Waals surface area contributed by atoms with Crippen LogP contribution in [0.25, 0.3) is 11.0 Å². The van der Waals surface area contributed by atoms with Crippen LogP contribution in [0, 0.1) is 0 Å². The molecule has 7 nitrogen and oxygen atoms in total. The molecule has 0 radical (unpaired) electrons. The second kappa shape index (κ2) is 8.94. The van der Waals surface area contributed by atoms with Crippen LogP contribution in [-0.2, 0) is 9.53 Å². The number of ether oxygens (including phenoxy) is 4. The van der Waals surface area contributed by atoms with Gasteiger partial charge in [0.05, 0.1) is 18.6 Å². The Hall–Kier alpha value is -3.48. The number of fused-ring (bicyclic) bond motifs is 1. The zero-order chi connectivity index (χ0) is 19.9. The molecule has 1 heterocycles. The Labute approximate surface area is 161 Å². The van der Waals surface area contributed by atoms with Gasteiger partial charge in [-0.2, -0.15) is 0 Å². The average Bonchev–Trinajstić information content (AvgIpc) is 2.70. The third-order valence-corrected chi connectivity index (χ3v) is 3.75. The number of hydrogen-bond donors (Lipinski definition) is 0. The lowest BCUT2D eigenvalue weighted by molar-refractivity contribution is -0.145. The van der Waals surface area contributed by atoms with E-state index in [2.05, 4.69) is 0 Å². The molecule has 0 N–H and O–H groups in total. The van der Waals surface area contributed by atoms with Crippen LogP contribution in [-0.4, -0.2) is 25.8 Å². The highest BCUT2D eigenvalue weighted by Gasteiger charge is 2.13. The Morgan fingerprint density at radius 2 is 1.75 bits per heavy atom. The largest absolute Gasteiger partial charge is 0.490 e. The molecule has 2 aromatic carbocycles. The van der Waals surface area contributed by atoms with Gasteiger partial charge in [-0.05, 0) is 38.1 Å². The minimum atomic E-state index is -0.472. The highest BCUT2D eigenvalue weighted by molar-refractivity contribution is 5.79. The first-order valence-corrected chi connectivity index (χ1v) is 8.86. The molecule has 0 aliphatic heterocycles. The summed E-state index contributed by atoms with van der Waals surface area (Å²) in [7, 11) is 0. The van der Waals surface area contributed by atoms with Gasteiger partial charge in [0.25, 0.3) is 0 Å². The van der Waals surface area contributed by atoms with Crippen molar-refractivity contribution < 1.29 is 28.2 Å². The lowest BCUT2D eigenvalue weighted by Gasteiger charge is -2.11. The van der Waals surface area contributed by atoms with Crippen molar-refractivity contribution in [2.24, 2.45) is 0 Å². The van der Waals surface area contributed by atoms with Gasteiger partial charge < -0.3 is 23.4 Å². The zero-order valence-corrected chi connectivity index (χ0v) is 15.6. The second-order valence-electron chi connectivity index (χ2n) is 5.66. The average molecular weight is 384 g/mol. The van der Waals surface area contributed by atoms with E-state index in [1.54, 1.807) is 37.3 Å². The molecule has 3 aromatic rings. The van der Waals surface area contributed by atoms with Crippen molar-refractivity contribution in [3.63, 3.8) is 0 Å². The van der Waals surface area contributed by atoms with Crippen LogP contribution in [0.1, 0.15) is 13.8 Å². The van der Waals surface area contributed by atoms with E-state index in [4.69, 9.17) is 23.4 Å². The summed E-state index contributed by atoms with van der Waals surface area (Å²) in [6, 6.07) is 11.7. The predicted octanol–water partition coefficient (Wildman–Crippen LogP) is 3.93. The molecule has 0 aliphatic rings. The lowest BCUT2D eigenvalue weighted by atomic mass is 10.2. The number of hydrogen-bond acceptors (Lipinski definition) is 7. The maximum atomic E-state index is 12.7. The summed E-state index contributed by atoms with van der Waals surface area (Å²) in [5, 5.41) is 0.329. The van der Waals surface area contributed by atoms with Crippen molar-refractivity contribution >= 4 is 16.9 Å². The van der Waals surface area contributed by atoms with Crippen LogP contribution in [0.2, 0.25) is 0 Å². The highest BCUT2D eigenvalue weighted by atomic mass is 16.6. The first-order valence-electron chi connectivity index (χ1n) is 8.86. The zero-order valence-electron chi connectivity index (χ0n) is 15.6. The molecule has 28 heavy (non-hydrogen) atoms. The molecule has 0 saturated heterocycles. The summed E-state index contributed by atoms with van der Waals surface area (Å²) < 4.78 is 26.9. The van der Waals surface area contributed by atoms with Crippen molar-refractivity contribution in [2.75, 3.05) is 19.8 Å². The van der Waals surface area contributed by atoms with Gasteiger partial charge in [-0.25, -0.2) is 4.79 Å². The summed E-state index contributed by atoms with van der Waals surface area (Å²) in [5.41, 5.74) is -0.0127. The van der Waals surface area contributed by atoms with Crippen molar-refractivity contribution in [3.05, 3.63) is 59.0 Å². The Kier molecular flexibility index (Phi) is 6.16. The van der Waals surface area contributed by atoms with Crippen molar-refractivity contribution in [1.29, 1.82) is 0 Å². The van der Waals surface area contributed by atoms with E-state index < -0.39 is 5.97 Å². The van der Waals surface area contributed by atoms with Crippen LogP contribution in [0.4, 0.5) is 0 Å². The topological polar surface area (TPSA) is 84.2 Å². The third kappa shape index (κ3) is 4.43. The van der Waals surface area contributed by atoms with E-state index in [0.717, 1.165) is 0 Å². The summed E-state index contributed by atoms with van der Waals surface area (Å²) in [5.74, 6) is 0.914. The first kappa shape index (κ1) is 19.3. The fourth-order valence-electron chi connectivity index (χ4n) is 2.52. The van der Waals surface area contributed by atoms with Crippen molar-refractivity contribution in [2.45, 2.75) is 13.8 Å². The molecule has 146 valence electrons. The number of benzene rings is 2. The van der Waals surface area contributed by atoms with Gasteiger partial charge in [0.1, 0.15) is 17.6 Å². The molecule has 0 spiro atoms. The van der Waals surface area contributed by atoms with Crippen molar-refractivity contribution in [1.82, 2.24) is 0 Å². The van der Waals surface area contributed by atoms with Gasteiger partial charge in [-0.15, -0.1) is 0 Å². The molecule has 0 aliphatic carbocycles.